The molecule has 0 amide bonds. The van der Waals surface area contributed by atoms with Crippen molar-refractivity contribution in [2.75, 3.05) is 5.73 Å². The Morgan fingerprint density at radius 3 is 2.77 bits per heavy atom. The molecule has 0 unspecified atom stereocenters. The van der Waals surface area contributed by atoms with Crippen LogP contribution in [-0.2, 0) is 11.2 Å². The van der Waals surface area contributed by atoms with Crippen LogP contribution in [0.3, 0.4) is 0 Å². The van der Waals surface area contributed by atoms with Gasteiger partial charge in [0.15, 0.2) is 0 Å². The third kappa shape index (κ3) is 2.66. The summed E-state index contributed by atoms with van der Waals surface area (Å²) in [6.07, 6.45) is 0.295. The number of anilines is 1. The Morgan fingerprint density at radius 1 is 1.46 bits per heavy atom. The summed E-state index contributed by atoms with van der Waals surface area (Å²) in [6.45, 7) is 0. The van der Waals surface area contributed by atoms with Crippen molar-refractivity contribution in [1.29, 1.82) is 0 Å². The molecule has 0 heterocycles. The summed E-state index contributed by atoms with van der Waals surface area (Å²) >= 11 is 0. The maximum absolute atomic E-state index is 10.3. The average molecular weight is 181 g/mol. The second kappa shape index (κ2) is 3.80. The van der Waals surface area contributed by atoms with Gasteiger partial charge in [-0.25, -0.2) is 0 Å². The van der Waals surface area contributed by atoms with Gasteiger partial charge in [-0.2, -0.15) is 0 Å². The number of nitrogen functional groups attached to an aromatic ring is 1. The van der Waals surface area contributed by atoms with Crippen molar-refractivity contribution in [3.05, 3.63) is 23.8 Å². The Kier molecular flexibility index (Phi) is 2.74. The molecule has 4 heteroatoms. The predicted octanol–water partition coefficient (Wildman–Crippen LogP) is 0.992. The molecule has 1 aromatic carbocycles. The zero-order valence-electron chi connectivity index (χ0n) is 7.03. The van der Waals surface area contributed by atoms with E-state index in [0.717, 1.165) is 0 Å². The molecule has 0 atom stereocenters. The fourth-order valence-corrected chi connectivity index (χ4v) is 1.05. The largest absolute Gasteiger partial charge is 0.508 e. The number of aliphatic carboxylic acids is 1. The molecule has 0 aliphatic carbocycles. The molecule has 0 saturated heterocycles. The van der Waals surface area contributed by atoms with Crippen LogP contribution >= 0.6 is 0 Å². The molecular formula is C9H11NO3. The lowest BCUT2D eigenvalue weighted by Crippen LogP contribution is -1.98. The van der Waals surface area contributed by atoms with Crippen LogP contribution in [-0.4, -0.2) is 16.2 Å². The van der Waals surface area contributed by atoms with Crippen LogP contribution in [0.2, 0.25) is 0 Å². The summed E-state index contributed by atoms with van der Waals surface area (Å²) < 4.78 is 0. The second-order valence-electron chi connectivity index (χ2n) is 2.78. The van der Waals surface area contributed by atoms with Crippen LogP contribution in [0, 0.1) is 0 Å². The summed E-state index contributed by atoms with van der Waals surface area (Å²) in [5, 5.41) is 17.7. The molecule has 4 nitrogen and oxygen atoms in total. The Balaban J connectivity index is 2.75. The predicted molar refractivity (Wildman–Crippen MR) is 48.5 cm³/mol. The molecule has 70 valence electrons. The SMILES string of the molecule is Nc1ccc(O)c(CCC(=O)O)c1. The van der Waals surface area contributed by atoms with E-state index in [4.69, 9.17) is 10.8 Å². The standard InChI is InChI=1S/C9H11NO3/c10-7-2-3-8(11)6(5-7)1-4-9(12)13/h2-3,5,11H,1,4,10H2,(H,12,13). The van der Waals surface area contributed by atoms with Crippen molar-refractivity contribution in [3.63, 3.8) is 0 Å². The first kappa shape index (κ1) is 9.38. The number of benzene rings is 1. The minimum atomic E-state index is -0.887. The van der Waals surface area contributed by atoms with Crippen LogP contribution in [0.25, 0.3) is 0 Å². The number of carboxylic acids is 1. The highest BCUT2D eigenvalue weighted by Crippen LogP contribution is 2.20. The molecule has 0 saturated carbocycles. The Labute approximate surface area is 75.6 Å². The van der Waals surface area contributed by atoms with Gasteiger partial charge in [0.25, 0.3) is 0 Å². The van der Waals surface area contributed by atoms with Crippen molar-refractivity contribution < 1.29 is 15.0 Å². The van der Waals surface area contributed by atoms with Gasteiger partial charge in [0.2, 0.25) is 0 Å². The molecule has 4 N–H and O–H groups in total. The number of aryl methyl sites for hydroxylation is 1. The highest BCUT2D eigenvalue weighted by Gasteiger charge is 2.04. The van der Waals surface area contributed by atoms with Gasteiger partial charge in [0, 0.05) is 12.1 Å². The van der Waals surface area contributed by atoms with Crippen LogP contribution in [0.15, 0.2) is 18.2 Å². The first-order valence-corrected chi connectivity index (χ1v) is 3.89. The quantitative estimate of drug-likeness (QED) is 0.479. The molecule has 1 rings (SSSR count). The fourth-order valence-electron chi connectivity index (χ4n) is 1.05. The molecule has 0 aliphatic heterocycles. The maximum Gasteiger partial charge on any atom is 0.303 e. The van der Waals surface area contributed by atoms with Gasteiger partial charge in [0.1, 0.15) is 5.75 Å². The molecule has 0 bridgehead atoms. The van der Waals surface area contributed by atoms with Gasteiger partial charge in [-0.05, 0) is 30.2 Å². The summed E-state index contributed by atoms with van der Waals surface area (Å²) in [6, 6.07) is 4.62. The van der Waals surface area contributed by atoms with Gasteiger partial charge in [0.05, 0.1) is 0 Å². The molecule has 0 radical (unpaired) electrons. The molecule has 0 aliphatic rings. The number of carbonyl (C=O) groups is 1. The Morgan fingerprint density at radius 2 is 2.15 bits per heavy atom. The van der Waals surface area contributed by atoms with Gasteiger partial charge in [-0.1, -0.05) is 0 Å². The van der Waals surface area contributed by atoms with E-state index in [1.54, 1.807) is 12.1 Å². The third-order valence-electron chi connectivity index (χ3n) is 1.71. The normalized spacial score (nSPS) is 9.85. The second-order valence-corrected chi connectivity index (χ2v) is 2.78. The van der Waals surface area contributed by atoms with Gasteiger partial charge < -0.3 is 15.9 Å². The van der Waals surface area contributed by atoms with Crippen molar-refractivity contribution >= 4 is 11.7 Å². The van der Waals surface area contributed by atoms with E-state index in [9.17, 15) is 9.90 Å². The van der Waals surface area contributed by atoms with Crippen molar-refractivity contribution in [3.8, 4) is 5.75 Å². The van der Waals surface area contributed by atoms with Crippen molar-refractivity contribution in [1.82, 2.24) is 0 Å². The molecule has 1 aromatic rings. The van der Waals surface area contributed by atoms with Crippen LogP contribution < -0.4 is 5.73 Å². The molecular weight excluding hydrogens is 170 g/mol. The molecule has 13 heavy (non-hydrogen) atoms. The lowest BCUT2D eigenvalue weighted by Gasteiger charge is -2.03. The topological polar surface area (TPSA) is 83.5 Å². The minimum Gasteiger partial charge on any atom is -0.508 e. The monoisotopic (exact) mass is 181 g/mol. The van der Waals surface area contributed by atoms with Crippen molar-refractivity contribution in [2.45, 2.75) is 12.8 Å². The first-order chi connectivity index (χ1) is 6.09. The Bertz CT molecular complexity index is 323. The summed E-state index contributed by atoms with van der Waals surface area (Å²) in [5.74, 6) is -0.794. The number of rotatable bonds is 3. The number of hydrogen-bond donors (Lipinski definition) is 3. The summed E-state index contributed by atoms with van der Waals surface area (Å²) in [7, 11) is 0. The number of phenolic OH excluding ortho intramolecular Hbond substituents is 1. The zero-order valence-corrected chi connectivity index (χ0v) is 7.03. The summed E-state index contributed by atoms with van der Waals surface area (Å²) in [4.78, 5) is 10.3. The molecule has 0 spiro atoms. The van der Waals surface area contributed by atoms with E-state index in [1.807, 2.05) is 0 Å². The van der Waals surface area contributed by atoms with Crippen LogP contribution in [0.1, 0.15) is 12.0 Å². The number of nitrogens with two attached hydrogens (primary N) is 1. The Hall–Kier alpha value is -1.71. The zero-order chi connectivity index (χ0) is 9.84. The number of hydrogen-bond acceptors (Lipinski definition) is 3. The number of aromatic hydroxyl groups is 1. The van der Waals surface area contributed by atoms with E-state index in [1.165, 1.54) is 6.07 Å². The number of carboxylic acid groups (broad SMARTS) is 1. The minimum absolute atomic E-state index is 0.00296. The smallest absolute Gasteiger partial charge is 0.303 e. The number of phenols is 1. The maximum atomic E-state index is 10.3. The summed E-state index contributed by atoms with van der Waals surface area (Å²) in [5.41, 5.74) is 6.57. The third-order valence-corrected chi connectivity index (χ3v) is 1.71. The van der Waals surface area contributed by atoms with E-state index < -0.39 is 5.97 Å². The molecule has 0 aromatic heterocycles. The van der Waals surface area contributed by atoms with E-state index in [2.05, 4.69) is 0 Å². The fraction of sp³-hybridized carbons (Fsp3) is 0.222. The van der Waals surface area contributed by atoms with Gasteiger partial charge in [-0.3, -0.25) is 4.79 Å². The first-order valence-electron chi connectivity index (χ1n) is 3.89. The van der Waals surface area contributed by atoms with E-state index in [0.29, 0.717) is 17.7 Å². The van der Waals surface area contributed by atoms with Crippen molar-refractivity contribution in [2.24, 2.45) is 0 Å². The average Bonchev–Trinajstić information content (AvgIpc) is 2.06. The highest BCUT2D eigenvalue weighted by molar-refractivity contribution is 5.67. The van der Waals surface area contributed by atoms with Gasteiger partial charge >= 0.3 is 5.97 Å². The lowest BCUT2D eigenvalue weighted by molar-refractivity contribution is -0.136. The molecule has 0 fully saturated rings. The van der Waals surface area contributed by atoms with Crippen LogP contribution in [0.5, 0.6) is 5.75 Å². The highest BCUT2D eigenvalue weighted by atomic mass is 16.4. The van der Waals surface area contributed by atoms with Gasteiger partial charge in [-0.15, -0.1) is 0 Å². The van der Waals surface area contributed by atoms with E-state index >= 15 is 0 Å². The lowest BCUT2D eigenvalue weighted by atomic mass is 10.1. The van der Waals surface area contributed by atoms with E-state index in [-0.39, 0.29) is 12.2 Å². The van der Waals surface area contributed by atoms with Crippen LogP contribution in [0.4, 0.5) is 5.69 Å².